The molecule has 128 valence electrons. The van der Waals surface area contributed by atoms with Crippen LogP contribution in [-0.4, -0.2) is 27.6 Å². The van der Waals surface area contributed by atoms with Gasteiger partial charge in [-0.25, -0.2) is 9.97 Å². The third kappa shape index (κ3) is 4.11. The largest absolute Gasteiger partial charge is 0.492 e. The minimum absolute atomic E-state index is 0.201. The zero-order chi connectivity index (χ0) is 17.6. The van der Waals surface area contributed by atoms with Crippen molar-refractivity contribution in [3.63, 3.8) is 0 Å². The van der Waals surface area contributed by atoms with Crippen molar-refractivity contribution in [2.24, 2.45) is 0 Å². The van der Waals surface area contributed by atoms with E-state index in [2.05, 4.69) is 25.8 Å². The molecule has 0 aliphatic heterocycles. The first-order chi connectivity index (χ1) is 12.2. The lowest BCUT2D eigenvalue weighted by molar-refractivity contribution is 0.102. The highest BCUT2D eigenvalue weighted by molar-refractivity contribution is 6.02. The molecule has 0 radical (unpaired) electrons. The second-order valence-electron chi connectivity index (χ2n) is 5.12. The fourth-order valence-corrected chi connectivity index (χ4v) is 2.14. The van der Waals surface area contributed by atoms with Gasteiger partial charge in [0.05, 0.1) is 12.3 Å². The molecular weight excluding hydrogens is 322 g/mol. The van der Waals surface area contributed by atoms with Gasteiger partial charge in [-0.15, -0.1) is 0 Å². The Morgan fingerprint density at radius 2 is 2.04 bits per heavy atom. The molecule has 0 saturated heterocycles. The maximum absolute atomic E-state index is 12.3. The van der Waals surface area contributed by atoms with E-state index in [-0.39, 0.29) is 5.69 Å². The van der Waals surface area contributed by atoms with Crippen LogP contribution in [0.1, 0.15) is 23.2 Å². The molecule has 2 heterocycles. The van der Waals surface area contributed by atoms with E-state index in [4.69, 9.17) is 9.26 Å². The standard InChI is InChI=1S/C17H17N5O3/c1-3-24-14-7-5-4-6-12(14)20-15-9-13(18-10-19-15)17(23)21-16-8-11(2)25-22-16/h4-10H,3H2,1-2H3,(H,18,19,20)(H,21,22,23). The molecule has 0 spiro atoms. The first-order valence-corrected chi connectivity index (χ1v) is 7.71. The van der Waals surface area contributed by atoms with Crippen molar-refractivity contribution in [3.8, 4) is 5.75 Å². The molecule has 3 aromatic rings. The Morgan fingerprint density at radius 3 is 2.80 bits per heavy atom. The highest BCUT2D eigenvalue weighted by atomic mass is 16.5. The number of para-hydroxylation sites is 2. The molecule has 0 aliphatic rings. The van der Waals surface area contributed by atoms with Crippen LogP contribution < -0.4 is 15.4 Å². The molecule has 0 bridgehead atoms. The van der Waals surface area contributed by atoms with Gasteiger partial charge in [0.25, 0.3) is 5.91 Å². The number of aryl methyl sites for hydroxylation is 1. The highest BCUT2D eigenvalue weighted by Crippen LogP contribution is 2.26. The number of ether oxygens (including phenoxy) is 1. The van der Waals surface area contributed by atoms with Crippen LogP contribution in [0.5, 0.6) is 5.75 Å². The molecular formula is C17H17N5O3. The predicted molar refractivity (Wildman–Crippen MR) is 92.1 cm³/mol. The van der Waals surface area contributed by atoms with Crippen molar-refractivity contribution in [2.45, 2.75) is 13.8 Å². The van der Waals surface area contributed by atoms with E-state index in [0.29, 0.717) is 29.8 Å². The quantitative estimate of drug-likeness (QED) is 0.711. The molecule has 3 rings (SSSR count). The van der Waals surface area contributed by atoms with Gasteiger partial charge >= 0.3 is 0 Å². The number of anilines is 3. The third-order valence-electron chi connectivity index (χ3n) is 3.22. The molecule has 0 aliphatic carbocycles. The summed E-state index contributed by atoms with van der Waals surface area (Å²) in [7, 11) is 0. The van der Waals surface area contributed by atoms with Crippen molar-refractivity contribution in [3.05, 3.63) is 54.2 Å². The van der Waals surface area contributed by atoms with E-state index in [0.717, 1.165) is 5.69 Å². The van der Waals surface area contributed by atoms with Crippen molar-refractivity contribution in [2.75, 3.05) is 17.2 Å². The fourth-order valence-electron chi connectivity index (χ4n) is 2.14. The fraction of sp³-hybridized carbons (Fsp3) is 0.176. The molecule has 2 aromatic heterocycles. The Hall–Kier alpha value is -3.42. The summed E-state index contributed by atoms with van der Waals surface area (Å²) in [6.07, 6.45) is 1.31. The molecule has 1 aromatic carbocycles. The first-order valence-electron chi connectivity index (χ1n) is 7.71. The van der Waals surface area contributed by atoms with Crippen molar-refractivity contribution in [1.82, 2.24) is 15.1 Å². The maximum atomic E-state index is 12.3. The molecule has 25 heavy (non-hydrogen) atoms. The smallest absolute Gasteiger partial charge is 0.275 e. The summed E-state index contributed by atoms with van der Waals surface area (Å²) < 4.78 is 10.5. The Labute approximate surface area is 144 Å². The van der Waals surface area contributed by atoms with Crippen LogP contribution in [0.4, 0.5) is 17.3 Å². The van der Waals surface area contributed by atoms with E-state index >= 15 is 0 Å². The molecule has 1 amide bonds. The number of rotatable bonds is 6. The van der Waals surface area contributed by atoms with Crippen molar-refractivity contribution >= 4 is 23.2 Å². The SMILES string of the molecule is CCOc1ccccc1Nc1cc(C(=O)Nc2cc(C)on2)ncn1. The lowest BCUT2D eigenvalue weighted by Crippen LogP contribution is -2.14. The van der Waals surface area contributed by atoms with Crippen molar-refractivity contribution < 1.29 is 14.1 Å². The van der Waals surface area contributed by atoms with Crippen LogP contribution >= 0.6 is 0 Å². The third-order valence-corrected chi connectivity index (χ3v) is 3.22. The Kier molecular flexibility index (Phi) is 4.89. The molecule has 0 atom stereocenters. The summed E-state index contributed by atoms with van der Waals surface area (Å²) in [4.78, 5) is 20.4. The Balaban J connectivity index is 1.76. The van der Waals surface area contributed by atoms with Crippen LogP contribution in [-0.2, 0) is 0 Å². The van der Waals surface area contributed by atoms with E-state index in [1.807, 2.05) is 31.2 Å². The number of benzene rings is 1. The maximum Gasteiger partial charge on any atom is 0.275 e. The van der Waals surface area contributed by atoms with E-state index in [1.54, 1.807) is 19.1 Å². The zero-order valence-corrected chi connectivity index (χ0v) is 13.8. The van der Waals surface area contributed by atoms with Crippen molar-refractivity contribution in [1.29, 1.82) is 0 Å². The van der Waals surface area contributed by atoms with Gasteiger partial charge < -0.3 is 19.9 Å². The average Bonchev–Trinajstić information content (AvgIpc) is 3.02. The molecule has 8 heteroatoms. The van der Waals surface area contributed by atoms with Gasteiger partial charge in [-0.05, 0) is 26.0 Å². The Morgan fingerprint density at radius 1 is 1.20 bits per heavy atom. The number of hydrogen-bond acceptors (Lipinski definition) is 7. The zero-order valence-electron chi connectivity index (χ0n) is 13.8. The monoisotopic (exact) mass is 339 g/mol. The van der Waals surface area contributed by atoms with Gasteiger partial charge in [-0.1, -0.05) is 17.3 Å². The summed E-state index contributed by atoms with van der Waals surface area (Å²) in [6.45, 7) is 4.20. The minimum Gasteiger partial charge on any atom is -0.492 e. The second kappa shape index (κ2) is 7.43. The Bertz CT molecular complexity index is 878. The molecule has 8 nitrogen and oxygen atoms in total. The molecule has 0 fully saturated rings. The number of hydrogen-bond donors (Lipinski definition) is 2. The second-order valence-corrected chi connectivity index (χ2v) is 5.12. The number of nitrogens with zero attached hydrogens (tertiary/aromatic N) is 3. The minimum atomic E-state index is -0.406. The number of amides is 1. The van der Waals surface area contributed by atoms with Gasteiger partial charge in [0.2, 0.25) is 0 Å². The topological polar surface area (TPSA) is 102 Å². The lowest BCUT2D eigenvalue weighted by Gasteiger charge is -2.11. The summed E-state index contributed by atoms with van der Waals surface area (Å²) in [5.41, 5.74) is 0.952. The summed E-state index contributed by atoms with van der Waals surface area (Å²) in [6, 6.07) is 10.7. The number of carbonyl (C=O) groups excluding carboxylic acids is 1. The lowest BCUT2D eigenvalue weighted by atomic mass is 10.3. The van der Waals surface area contributed by atoms with Crippen LogP contribution in [0.25, 0.3) is 0 Å². The number of aromatic nitrogens is 3. The van der Waals surface area contributed by atoms with Crippen LogP contribution in [0.15, 0.2) is 47.2 Å². The van der Waals surface area contributed by atoms with E-state index < -0.39 is 5.91 Å². The summed E-state index contributed by atoms with van der Waals surface area (Å²) in [5.74, 6) is 1.71. The predicted octanol–water partition coefficient (Wildman–Crippen LogP) is 3.17. The van der Waals surface area contributed by atoms with E-state index in [9.17, 15) is 4.79 Å². The van der Waals surface area contributed by atoms with Gasteiger partial charge in [-0.2, -0.15) is 0 Å². The van der Waals surface area contributed by atoms with Gasteiger partial charge in [0.1, 0.15) is 29.3 Å². The normalized spacial score (nSPS) is 10.3. The van der Waals surface area contributed by atoms with E-state index in [1.165, 1.54) is 6.33 Å². The number of carbonyl (C=O) groups is 1. The average molecular weight is 339 g/mol. The first kappa shape index (κ1) is 16.4. The molecule has 0 unspecified atom stereocenters. The van der Waals surface area contributed by atoms with Gasteiger partial charge in [0.15, 0.2) is 5.82 Å². The van der Waals surface area contributed by atoms with Gasteiger partial charge in [0, 0.05) is 12.1 Å². The molecule has 0 saturated carbocycles. The van der Waals surface area contributed by atoms with Gasteiger partial charge in [-0.3, -0.25) is 4.79 Å². The number of nitrogens with one attached hydrogen (secondary N) is 2. The van der Waals surface area contributed by atoms with Crippen LogP contribution in [0, 0.1) is 6.92 Å². The highest BCUT2D eigenvalue weighted by Gasteiger charge is 2.12. The van der Waals surface area contributed by atoms with Crippen LogP contribution in [0.3, 0.4) is 0 Å². The molecule has 2 N–H and O–H groups in total. The summed E-state index contributed by atoms with van der Waals surface area (Å²) in [5, 5.41) is 9.47. The van der Waals surface area contributed by atoms with Crippen LogP contribution in [0.2, 0.25) is 0 Å². The summed E-state index contributed by atoms with van der Waals surface area (Å²) >= 11 is 0.